The maximum Gasteiger partial charge on any atom is 0.253 e. The Morgan fingerprint density at radius 2 is 2.04 bits per heavy atom. The lowest BCUT2D eigenvalue weighted by atomic mass is 10.1. The van der Waals surface area contributed by atoms with Gasteiger partial charge in [0.05, 0.1) is 36.2 Å². The molecule has 2 aliphatic heterocycles. The topological polar surface area (TPSA) is 72.3 Å². The third kappa shape index (κ3) is 2.81. The number of rotatable bonds is 4. The van der Waals surface area contributed by atoms with Gasteiger partial charge in [0.2, 0.25) is 0 Å². The first-order valence-corrected chi connectivity index (χ1v) is 9.42. The molecule has 0 unspecified atom stereocenters. The summed E-state index contributed by atoms with van der Waals surface area (Å²) in [5, 5.41) is 7.24. The van der Waals surface area contributed by atoms with Crippen molar-refractivity contribution < 1.29 is 9.53 Å². The molecular formula is C19H23N5O2. The van der Waals surface area contributed by atoms with Crippen LogP contribution in [0.3, 0.4) is 0 Å². The van der Waals surface area contributed by atoms with Gasteiger partial charge in [-0.15, -0.1) is 0 Å². The van der Waals surface area contributed by atoms with E-state index in [2.05, 4.69) is 15.3 Å². The van der Waals surface area contributed by atoms with E-state index in [9.17, 15) is 4.79 Å². The Labute approximate surface area is 152 Å². The number of aromatic nitrogens is 3. The average molecular weight is 353 g/mol. The minimum atomic E-state index is -0.0130. The Hall–Kier alpha value is -2.57. The second-order valence-electron chi connectivity index (χ2n) is 7.50. The van der Waals surface area contributed by atoms with E-state index in [4.69, 9.17) is 9.72 Å². The van der Waals surface area contributed by atoms with E-state index in [1.54, 1.807) is 0 Å². The summed E-state index contributed by atoms with van der Waals surface area (Å²) in [6.45, 7) is 4.39. The van der Waals surface area contributed by atoms with Crippen LogP contribution in [-0.4, -0.2) is 39.9 Å². The van der Waals surface area contributed by atoms with Gasteiger partial charge >= 0.3 is 0 Å². The van der Waals surface area contributed by atoms with E-state index >= 15 is 0 Å². The quantitative estimate of drug-likeness (QED) is 0.912. The third-order valence-corrected chi connectivity index (χ3v) is 5.47. The SMILES string of the molecule is Cc1cc2c(nc1N1CCC(Oc3cnn(C4CC4)c3)CC1)CNC2=O. The van der Waals surface area contributed by atoms with Gasteiger partial charge in [0.1, 0.15) is 11.9 Å². The van der Waals surface area contributed by atoms with Crippen molar-refractivity contribution in [3.8, 4) is 5.75 Å². The van der Waals surface area contributed by atoms with Gasteiger partial charge in [-0.25, -0.2) is 4.98 Å². The molecule has 1 N–H and O–H groups in total. The number of hydrogen-bond donors (Lipinski definition) is 1. The minimum absolute atomic E-state index is 0.0130. The molecule has 2 aromatic heterocycles. The van der Waals surface area contributed by atoms with Crippen molar-refractivity contribution in [2.45, 2.75) is 51.3 Å². The molecule has 1 saturated carbocycles. The van der Waals surface area contributed by atoms with Crippen LogP contribution < -0.4 is 15.0 Å². The van der Waals surface area contributed by atoms with Crippen LogP contribution in [0.1, 0.15) is 53.3 Å². The fraction of sp³-hybridized carbons (Fsp3) is 0.526. The van der Waals surface area contributed by atoms with Crippen molar-refractivity contribution in [2.75, 3.05) is 18.0 Å². The minimum Gasteiger partial charge on any atom is -0.487 e. The number of nitrogens with one attached hydrogen (secondary N) is 1. The largest absolute Gasteiger partial charge is 0.487 e. The summed E-state index contributed by atoms with van der Waals surface area (Å²) in [6.07, 6.45) is 8.47. The highest BCUT2D eigenvalue weighted by Crippen LogP contribution is 2.35. The standard InChI is InChI=1S/C19H23N5O2/c1-12-8-16-17(10-20-19(16)25)22-18(12)23-6-4-14(5-7-23)26-15-9-21-24(11-15)13-2-3-13/h8-9,11,13-14H,2-7,10H2,1H3,(H,20,25). The van der Waals surface area contributed by atoms with Crippen LogP contribution >= 0.6 is 0 Å². The summed E-state index contributed by atoms with van der Waals surface area (Å²) in [4.78, 5) is 18.8. The van der Waals surface area contributed by atoms with Crippen molar-refractivity contribution in [3.05, 3.63) is 35.3 Å². The summed E-state index contributed by atoms with van der Waals surface area (Å²) in [6, 6.07) is 2.55. The maximum absolute atomic E-state index is 11.8. The van der Waals surface area contributed by atoms with Gasteiger partial charge in [-0.05, 0) is 31.4 Å². The van der Waals surface area contributed by atoms with Crippen molar-refractivity contribution in [3.63, 3.8) is 0 Å². The molecule has 0 bridgehead atoms. The van der Waals surface area contributed by atoms with Crippen LogP contribution in [0, 0.1) is 6.92 Å². The van der Waals surface area contributed by atoms with E-state index in [0.29, 0.717) is 12.6 Å². The molecular weight excluding hydrogens is 330 g/mol. The van der Waals surface area contributed by atoms with Gasteiger partial charge < -0.3 is 15.0 Å². The van der Waals surface area contributed by atoms with Crippen LogP contribution in [0.25, 0.3) is 0 Å². The second-order valence-corrected chi connectivity index (χ2v) is 7.50. The number of anilines is 1. The number of pyridine rings is 1. The van der Waals surface area contributed by atoms with Gasteiger partial charge in [0, 0.05) is 25.9 Å². The Morgan fingerprint density at radius 1 is 1.23 bits per heavy atom. The van der Waals surface area contributed by atoms with E-state index < -0.39 is 0 Å². The number of nitrogens with zero attached hydrogens (tertiary/aromatic N) is 4. The van der Waals surface area contributed by atoms with Crippen LogP contribution in [0.5, 0.6) is 5.75 Å². The summed E-state index contributed by atoms with van der Waals surface area (Å²) >= 11 is 0. The number of carbonyl (C=O) groups excluding carboxylic acids is 1. The highest BCUT2D eigenvalue weighted by Gasteiger charge is 2.28. The van der Waals surface area contributed by atoms with Crippen LogP contribution in [0.2, 0.25) is 0 Å². The summed E-state index contributed by atoms with van der Waals surface area (Å²) in [5.41, 5.74) is 2.64. The molecule has 5 rings (SSSR count). The van der Waals surface area contributed by atoms with Crippen LogP contribution in [-0.2, 0) is 6.54 Å². The van der Waals surface area contributed by atoms with Gasteiger partial charge in [-0.1, -0.05) is 0 Å². The molecule has 0 spiro atoms. The van der Waals surface area contributed by atoms with Crippen molar-refractivity contribution in [1.29, 1.82) is 0 Å². The van der Waals surface area contributed by atoms with Crippen molar-refractivity contribution in [1.82, 2.24) is 20.1 Å². The van der Waals surface area contributed by atoms with E-state index in [-0.39, 0.29) is 12.0 Å². The number of amides is 1. The first-order valence-electron chi connectivity index (χ1n) is 9.42. The Kier molecular flexibility index (Phi) is 3.62. The zero-order chi connectivity index (χ0) is 17.7. The number of piperidine rings is 1. The van der Waals surface area contributed by atoms with Gasteiger partial charge in [-0.2, -0.15) is 5.10 Å². The number of fused-ring (bicyclic) bond motifs is 1. The summed E-state index contributed by atoms with van der Waals surface area (Å²) in [7, 11) is 0. The van der Waals surface area contributed by atoms with Gasteiger partial charge in [0.15, 0.2) is 5.75 Å². The second kappa shape index (κ2) is 6.00. The Bertz CT molecular complexity index is 850. The molecule has 26 heavy (non-hydrogen) atoms. The zero-order valence-corrected chi connectivity index (χ0v) is 14.9. The number of carbonyl (C=O) groups is 1. The first kappa shape index (κ1) is 15.7. The van der Waals surface area contributed by atoms with Crippen LogP contribution in [0.15, 0.2) is 18.5 Å². The van der Waals surface area contributed by atoms with Crippen molar-refractivity contribution >= 4 is 11.7 Å². The van der Waals surface area contributed by atoms with E-state index in [1.165, 1.54) is 12.8 Å². The lowest BCUT2D eigenvalue weighted by Crippen LogP contribution is -2.39. The molecule has 136 valence electrons. The summed E-state index contributed by atoms with van der Waals surface area (Å²) < 4.78 is 8.16. The highest BCUT2D eigenvalue weighted by atomic mass is 16.5. The molecule has 1 saturated heterocycles. The van der Waals surface area contributed by atoms with E-state index in [0.717, 1.165) is 54.3 Å². The third-order valence-electron chi connectivity index (χ3n) is 5.47. The molecule has 0 atom stereocenters. The van der Waals surface area contributed by atoms with Gasteiger partial charge in [-0.3, -0.25) is 9.48 Å². The lowest BCUT2D eigenvalue weighted by Gasteiger charge is -2.33. The van der Waals surface area contributed by atoms with E-state index in [1.807, 2.05) is 30.1 Å². The van der Waals surface area contributed by atoms with Gasteiger partial charge in [0.25, 0.3) is 5.91 Å². The number of hydrogen-bond acceptors (Lipinski definition) is 5. The Morgan fingerprint density at radius 3 is 2.81 bits per heavy atom. The fourth-order valence-electron chi connectivity index (χ4n) is 3.85. The highest BCUT2D eigenvalue weighted by molar-refractivity contribution is 5.98. The molecule has 1 aliphatic carbocycles. The molecule has 0 aromatic carbocycles. The number of ether oxygens (including phenoxy) is 1. The molecule has 2 aromatic rings. The molecule has 4 heterocycles. The molecule has 3 aliphatic rings. The first-order chi connectivity index (χ1) is 12.7. The molecule has 7 heteroatoms. The molecule has 2 fully saturated rings. The smallest absolute Gasteiger partial charge is 0.253 e. The molecule has 1 amide bonds. The Balaban J connectivity index is 1.23. The normalized spacial score (nSPS) is 20.2. The molecule has 0 radical (unpaired) electrons. The predicted octanol–water partition coefficient (Wildman–Crippen LogP) is 2.21. The monoisotopic (exact) mass is 353 g/mol. The number of aryl methyl sites for hydroxylation is 1. The lowest BCUT2D eigenvalue weighted by molar-refractivity contribution is 0.0965. The summed E-state index contributed by atoms with van der Waals surface area (Å²) in [5.74, 6) is 1.87. The predicted molar refractivity (Wildman–Crippen MR) is 96.5 cm³/mol. The zero-order valence-electron chi connectivity index (χ0n) is 14.9. The van der Waals surface area contributed by atoms with Crippen LogP contribution in [0.4, 0.5) is 5.82 Å². The average Bonchev–Trinajstić information content (AvgIpc) is 3.30. The van der Waals surface area contributed by atoms with Crippen molar-refractivity contribution in [2.24, 2.45) is 0 Å². The molecule has 7 nitrogen and oxygen atoms in total. The fourth-order valence-corrected chi connectivity index (χ4v) is 3.85. The maximum atomic E-state index is 11.8.